The van der Waals surface area contributed by atoms with Crippen LogP contribution < -0.4 is 0 Å². The van der Waals surface area contributed by atoms with Gasteiger partial charge in [0.05, 0.1) is 11.4 Å². The molecule has 114 valence electrons. The molecule has 0 aliphatic heterocycles. The summed E-state index contributed by atoms with van der Waals surface area (Å²) in [4.78, 5) is 10.7. The van der Waals surface area contributed by atoms with E-state index in [1.54, 1.807) is 12.4 Å². The van der Waals surface area contributed by atoms with Gasteiger partial charge in [0.15, 0.2) is 0 Å². The second-order valence-corrected chi connectivity index (χ2v) is 6.69. The van der Waals surface area contributed by atoms with Crippen LogP contribution in [0.25, 0.3) is 0 Å². The zero-order valence-electron chi connectivity index (χ0n) is 13.6. The minimum Gasteiger partial charge on any atom is -0.298 e. The first kappa shape index (κ1) is 15.6. The van der Waals surface area contributed by atoms with Crippen molar-refractivity contribution in [2.75, 3.05) is 7.05 Å². The van der Waals surface area contributed by atoms with Gasteiger partial charge in [0.1, 0.15) is 0 Å². The van der Waals surface area contributed by atoms with Crippen LogP contribution in [0.2, 0.25) is 0 Å². The number of nitrogens with zero attached hydrogens (tertiary/aromatic N) is 4. The number of rotatable bonds is 5. The Labute approximate surface area is 126 Å². The van der Waals surface area contributed by atoms with E-state index in [0.717, 1.165) is 30.0 Å². The van der Waals surface area contributed by atoms with E-state index in [-0.39, 0.29) is 5.41 Å². The number of hydrogen-bond donors (Lipinski definition) is 1. The quantitative estimate of drug-likeness (QED) is 0.918. The first-order chi connectivity index (χ1) is 9.86. The van der Waals surface area contributed by atoms with Crippen molar-refractivity contribution in [1.82, 2.24) is 25.1 Å². The molecule has 0 radical (unpaired) electrons. The van der Waals surface area contributed by atoms with E-state index in [0.29, 0.717) is 6.04 Å². The Morgan fingerprint density at radius 2 is 2.05 bits per heavy atom. The number of hydrogen-bond acceptors (Lipinski definition) is 4. The molecule has 5 heteroatoms. The number of aromatic amines is 1. The van der Waals surface area contributed by atoms with Gasteiger partial charge in [0.2, 0.25) is 0 Å². The van der Waals surface area contributed by atoms with Crippen molar-refractivity contribution in [2.45, 2.75) is 52.1 Å². The first-order valence-electron chi connectivity index (χ1n) is 7.36. The van der Waals surface area contributed by atoms with Crippen LogP contribution in [0.15, 0.2) is 24.7 Å². The maximum atomic E-state index is 4.41. The van der Waals surface area contributed by atoms with E-state index in [2.05, 4.69) is 65.9 Å². The van der Waals surface area contributed by atoms with Crippen molar-refractivity contribution < 1.29 is 0 Å². The predicted octanol–water partition coefficient (Wildman–Crippen LogP) is 2.56. The van der Waals surface area contributed by atoms with Gasteiger partial charge in [-0.15, -0.1) is 0 Å². The fourth-order valence-corrected chi connectivity index (χ4v) is 2.15. The van der Waals surface area contributed by atoms with Crippen molar-refractivity contribution in [3.63, 3.8) is 0 Å². The molecule has 21 heavy (non-hydrogen) atoms. The van der Waals surface area contributed by atoms with Crippen molar-refractivity contribution in [3.05, 3.63) is 41.7 Å². The Kier molecular flexibility index (Phi) is 4.73. The summed E-state index contributed by atoms with van der Waals surface area (Å²) in [6.45, 7) is 9.58. The molecule has 0 saturated carbocycles. The van der Waals surface area contributed by atoms with E-state index in [4.69, 9.17) is 0 Å². The van der Waals surface area contributed by atoms with Gasteiger partial charge >= 0.3 is 0 Å². The predicted molar refractivity (Wildman–Crippen MR) is 84.0 cm³/mol. The summed E-state index contributed by atoms with van der Waals surface area (Å²) in [5.41, 5.74) is 3.36. The average molecular weight is 287 g/mol. The molecular weight excluding hydrogens is 262 g/mol. The summed E-state index contributed by atoms with van der Waals surface area (Å²) in [5, 5.41) is 7.55. The molecule has 0 amide bonds. The first-order valence-corrected chi connectivity index (χ1v) is 7.36. The maximum Gasteiger partial charge on any atom is 0.0678 e. The van der Waals surface area contributed by atoms with Crippen molar-refractivity contribution >= 4 is 0 Å². The van der Waals surface area contributed by atoms with Crippen LogP contribution in [0.1, 0.15) is 44.8 Å². The molecule has 1 N–H and O–H groups in total. The van der Waals surface area contributed by atoms with Gasteiger partial charge in [-0.1, -0.05) is 20.8 Å². The maximum absolute atomic E-state index is 4.41. The van der Waals surface area contributed by atoms with E-state index >= 15 is 0 Å². The molecule has 0 aliphatic rings. The summed E-state index contributed by atoms with van der Waals surface area (Å²) in [7, 11) is 2.12. The van der Waals surface area contributed by atoms with Gasteiger partial charge in [-0.2, -0.15) is 5.10 Å². The van der Waals surface area contributed by atoms with Gasteiger partial charge in [-0.25, -0.2) is 0 Å². The molecule has 0 saturated heterocycles. The number of H-pyrrole nitrogens is 1. The van der Waals surface area contributed by atoms with Gasteiger partial charge in [0, 0.05) is 48.7 Å². The summed E-state index contributed by atoms with van der Waals surface area (Å²) in [5.74, 6) is 0. The molecule has 2 aromatic heterocycles. The Morgan fingerprint density at radius 3 is 2.62 bits per heavy atom. The Morgan fingerprint density at radius 1 is 1.29 bits per heavy atom. The van der Waals surface area contributed by atoms with Crippen LogP contribution in [0, 0.1) is 0 Å². The summed E-state index contributed by atoms with van der Waals surface area (Å²) >= 11 is 0. The van der Waals surface area contributed by atoms with Gasteiger partial charge in [0.25, 0.3) is 0 Å². The minimum absolute atomic E-state index is 0.0819. The number of likely N-dealkylation sites (N-methyl/N-ethyl adjacent to an activating group) is 1. The smallest absolute Gasteiger partial charge is 0.0678 e. The molecule has 0 bridgehead atoms. The van der Waals surface area contributed by atoms with Crippen LogP contribution in [-0.2, 0) is 18.4 Å². The summed E-state index contributed by atoms with van der Waals surface area (Å²) < 4.78 is 0. The SMILES string of the molecule is C[C@@H](Cc1cnccn1)N(C)Cc1cc(C(C)(C)C)n[nH]1. The lowest BCUT2D eigenvalue weighted by Crippen LogP contribution is -2.30. The van der Waals surface area contributed by atoms with Crippen LogP contribution in [0.3, 0.4) is 0 Å². The van der Waals surface area contributed by atoms with E-state index in [9.17, 15) is 0 Å². The average Bonchev–Trinajstić information content (AvgIpc) is 2.88. The number of nitrogens with one attached hydrogen (secondary N) is 1. The molecule has 0 aromatic carbocycles. The van der Waals surface area contributed by atoms with Crippen LogP contribution in [-0.4, -0.2) is 38.2 Å². The molecule has 0 spiro atoms. The number of aromatic nitrogens is 4. The van der Waals surface area contributed by atoms with Crippen molar-refractivity contribution in [2.24, 2.45) is 0 Å². The van der Waals surface area contributed by atoms with Gasteiger partial charge in [-0.05, 0) is 20.0 Å². The Hall–Kier alpha value is -1.75. The lowest BCUT2D eigenvalue weighted by atomic mass is 9.92. The highest BCUT2D eigenvalue weighted by atomic mass is 15.2. The summed E-state index contributed by atoms with van der Waals surface area (Å²) in [6, 6.07) is 2.55. The third kappa shape index (κ3) is 4.36. The minimum atomic E-state index is 0.0819. The second-order valence-electron chi connectivity index (χ2n) is 6.69. The highest BCUT2D eigenvalue weighted by Gasteiger charge is 2.18. The van der Waals surface area contributed by atoms with Crippen molar-refractivity contribution in [3.8, 4) is 0 Å². The highest BCUT2D eigenvalue weighted by molar-refractivity contribution is 5.16. The Balaban J connectivity index is 1.94. The van der Waals surface area contributed by atoms with Crippen LogP contribution >= 0.6 is 0 Å². The van der Waals surface area contributed by atoms with E-state index < -0.39 is 0 Å². The molecule has 2 rings (SSSR count). The molecule has 0 unspecified atom stereocenters. The van der Waals surface area contributed by atoms with E-state index in [1.165, 1.54) is 0 Å². The second kappa shape index (κ2) is 6.35. The third-order valence-electron chi connectivity index (χ3n) is 3.69. The highest BCUT2D eigenvalue weighted by Crippen LogP contribution is 2.21. The fraction of sp³-hybridized carbons (Fsp3) is 0.562. The zero-order valence-corrected chi connectivity index (χ0v) is 13.6. The summed E-state index contributed by atoms with van der Waals surface area (Å²) in [6.07, 6.45) is 6.17. The fourth-order valence-electron chi connectivity index (χ4n) is 2.15. The van der Waals surface area contributed by atoms with Gasteiger partial charge in [-0.3, -0.25) is 20.0 Å². The van der Waals surface area contributed by atoms with Crippen molar-refractivity contribution in [1.29, 1.82) is 0 Å². The van der Waals surface area contributed by atoms with E-state index in [1.807, 2.05) is 6.20 Å². The lowest BCUT2D eigenvalue weighted by Gasteiger charge is -2.23. The van der Waals surface area contributed by atoms with Crippen LogP contribution in [0.4, 0.5) is 0 Å². The van der Waals surface area contributed by atoms with Gasteiger partial charge < -0.3 is 0 Å². The molecule has 1 atom stereocenters. The lowest BCUT2D eigenvalue weighted by molar-refractivity contribution is 0.244. The standard InChI is InChI=1S/C16H25N5/c1-12(8-13-10-17-6-7-18-13)21(5)11-14-9-15(20-19-14)16(2,3)4/h6-7,9-10,12H,8,11H2,1-5H3,(H,19,20)/t12-/m0/s1. The monoisotopic (exact) mass is 287 g/mol. The molecule has 2 aromatic rings. The molecule has 0 fully saturated rings. The third-order valence-corrected chi connectivity index (χ3v) is 3.69. The Bertz CT molecular complexity index is 556. The largest absolute Gasteiger partial charge is 0.298 e. The molecule has 0 aliphatic carbocycles. The molecule has 2 heterocycles. The topological polar surface area (TPSA) is 57.7 Å². The van der Waals surface area contributed by atoms with Crippen LogP contribution in [0.5, 0.6) is 0 Å². The zero-order chi connectivity index (χ0) is 15.5. The molecular formula is C16H25N5. The normalized spacial score (nSPS) is 13.6. The molecule has 5 nitrogen and oxygen atoms in total.